The molecule has 212 valence electrons. The number of carbonyl (C=O) groups is 1. The largest absolute Gasteiger partial charge is 0.448 e. The summed E-state index contributed by atoms with van der Waals surface area (Å²) in [7, 11) is 0. The molecule has 40 heavy (non-hydrogen) atoms. The lowest BCUT2D eigenvalue weighted by Crippen LogP contribution is -2.49. The topological polar surface area (TPSA) is 50.6 Å². The molecule has 7 heteroatoms. The number of piperazine rings is 1. The quantitative estimate of drug-likeness (QED) is 0.244. The molecule has 2 aliphatic carbocycles. The lowest BCUT2D eigenvalue weighted by Gasteiger charge is -2.39. The maximum absolute atomic E-state index is 13.0. The molecular formula is C33H41IN4O2. The van der Waals surface area contributed by atoms with Crippen molar-refractivity contribution >= 4 is 28.7 Å². The van der Waals surface area contributed by atoms with Crippen molar-refractivity contribution in [3.8, 4) is 11.1 Å². The van der Waals surface area contributed by atoms with Crippen LogP contribution in [0.1, 0.15) is 67.7 Å². The zero-order chi connectivity index (χ0) is 27.5. The zero-order valence-corrected chi connectivity index (χ0v) is 25.8. The predicted octanol–water partition coefficient (Wildman–Crippen LogP) is 7.09. The molecule has 0 N–H and O–H groups in total. The zero-order valence-electron chi connectivity index (χ0n) is 23.7. The molecule has 0 bridgehead atoms. The van der Waals surface area contributed by atoms with Crippen LogP contribution in [-0.2, 0) is 11.3 Å². The van der Waals surface area contributed by atoms with Crippen LogP contribution in [0, 0.1) is 15.9 Å². The van der Waals surface area contributed by atoms with E-state index in [1.54, 1.807) is 0 Å². The fourth-order valence-electron chi connectivity index (χ4n) is 7.21. The molecule has 0 unspecified atom stereocenters. The maximum Gasteiger partial charge on any atom is 0.409 e. The monoisotopic (exact) mass is 652 g/mol. The Morgan fingerprint density at radius 2 is 1.62 bits per heavy atom. The molecule has 1 aliphatic heterocycles. The number of hydrogen-bond acceptors (Lipinski definition) is 4. The average molecular weight is 653 g/mol. The van der Waals surface area contributed by atoms with Gasteiger partial charge in [-0.1, -0.05) is 67.8 Å². The molecule has 6 nitrogen and oxygen atoms in total. The van der Waals surface area contributed by atoms with Gasteiger partial charge in [-0.25, -0.2) is 4.79 Å². The van der Waals surface area contributed by atoms with Gasteiger partial charge < -0.3 is 9.64 Å². The Labute approximate surface area is 252 Å². The lowest BCUT2D eigenvalue weighted by molar-refractivity contribution is 0.0709. The molecule has 2 aromatic carbocycles. The first-order valence-corrected chi connectivity index (χ1v) is 16.1. The molecule has 1 aromatic heterocycles. The summed E-state index contributed by atoms with van der Waals surface area (Å²) in [4.78, 5) is 17.5. The summed E-state index contributed by atoms with van der Waals surface area (Å²) in [6.07, 6.45) is 11.0. The van der Waals surface area contributed by atoms with Crippen LogP contribution in [0.5, 0.6) is 0 Å². The summed E-state index contributed by atoms with van der Waals surface area (Å²) in [5.41, 5.74) is 6.72. The van der Waals surface area contributed by atoms with Gasteiger partial charge in [-0.05, 0) is 89.4 Å². The van der Waals surface area contributed by atoms with Crippen LogP contribution in [0.4, 0.5) is 4.79 Å². The first-order valence-electron chi connectivity index (χ1n) is 15.0. The first kappa shape index (κ1) is 27.8. The molecule has 3 aromatic rings. The molecule has 2 fully saturated rings. The van der Waals surface area contributed by atoms with E-state index in [9.17, 15) is 4.79 Å². The Morgan fingerprint density at radius 1 is 0.975 bits per heavy atom. The van der Waals surface area contributed by atoms with Crippen LogP contribution in [0.25, 0.3) is 11.1 Å². The molecule has 1 amide bonds. The van der Waals surface area contributed by atoms with E-state index in [0.29, 0.717) is 12.0 Å². The van der Waals surface area contributed by atoms with Crippen LogP contribution in [0.2, 0.25) is 0 Å². The first-order chi connectivity index (χ1) is 19.5. The van der Waals surface area contributed by atoms with E-state index in [4.69, 9.17) is 4.74 Å². The Hall–Kier alpha value is -2.39. The average Bonchev–Trinajstić information content (AvgIpc) is 3.48. The number of halogens is 1. The third kappa shape index (κ3) is 5.82. The predicted molar refractivity (Wildman–Crippen MR) is 168 cm³/mol. The minimum atomic E-state index is -0.174. The van der Waals surface area contributed by atoms with Gasteiger partial charge >= 0.3 is 6.09 Å². The van der Waals surface area contributed by atoms with Gasteiger partial charge in [-0.3, -0.25) is 9.58 Å². The highest BCUT2D eigenvalue weighted by Crippen LogP contribution is 2.45. The van der Waals surface area contributed by atoms with Crippen molar-refractivity contribution in [1.29, 1.82) is 0 Å². The molecule has 6 rings (SSSR count). The smallest absolute Gasteiger partial charge is 0.409 e. The Balaban J connectivity index is 0.976. The minimum Gasteiger partial charge on any atom is -0.448 e. The number of benzene rings is 2. The fraction of sp³-hybridized carbons (Fsp3) is 0.515. The summed E-state index contributed by atoms with van der Waals surface area (Å²) in [5.74, 6) is 0.110. The van der Waals surface area contributed by atoms with Gasteiger partial charge in [-0.2, -0.15) is 5.10 Å². The normalized spacial score (nSPS) is 18.9. The van der Waals surface area contributed by atoms with Gasteiger partial charge in [0.05, 0.1) is 9.77 Å². The van der Waals surface area contributed by atoms with E-state index in [1.165, 1.54) is 76.5 Å². The van der Waals surface area contributed by atoms with Gasteiger partial charge in [0.2, 0.25) is 0 Å². The molecule has 0 radical (unpaired) electrons. The maximum atomic E-state index is 13.0. The standard InChI is InChI=1S/C33H41IN4O2/c1-25-31(34)22-35-38(25)24-33(14-7-2-8-15-33)16-9-17-36-18-20-37(21-19-36)32(39)40-23-30-28-12-5-3-10-26(28)27-11-4-6-13-29(27)30/h3-6,10-13,22,30H,2,7-9,14-21,23-24H2,1H3. The third-order valence-electron chi connectivity index (χ3n) is 9.59. The van der Waals surface area contributed by atoms with Crippen molar-refractivity contribution in [3.63, 3.8) is 0 Å². The fourth-order valence-corrected chi connectivity index (χ4v) is 7.61. The van der Waals surface area contributed by atoms with Gasteiger partial charge in [0.1, 0.15) is 6.61 Å². The molecule has 0 spiro atoms. The lowest BCUT2D eigenvalue weighted by atomic mass is 9.71. The van der Waals surface area contributed by atoms with Crippen molar-refractivity contribution in [2.45, 2.75) is 64.3 Å². The molecule has 2 heterocycles. The van der Waals surface area contributed by atoms with Crippen molar-refractivity contribution in [1.82, 2.24) is 19.6 Å². The van der Waals surface area contributed by atoms with Gasteiger partial charge in [-0.15, -0.1) is 0 Å². The van der Waals surface area contributed by atoms with E-state index >= 15 is 0 Å². The van der Waals surface area contributed by atoms with E-state index in [1.807, 2.05) is 11.1 Å². The highest BCUT2D eigenvalue weighted by molar-refractivity contribution is 14.1. The summed E-state index contributed by atoms with van der Waals surface area (Å²) >= 11 is 2.40. The Morgan fingerprint density at radius 3 is 2.25 bits per heavy atom. The summed E-state index contributed by atoms with van der Waals surface area (Å²) < 4.78 is 9.43. The van der Waals surface area contributed by atoms with Gasteiger partial charge in [0.15, 0.2) is 0 Å². The van der Waals surface area contributed by atoms with Crippen LogP contribution < -0.4 is 0 Å². The number of rotatable bonds is 8. The highest BCUT2D eigenvalue weighted by atomic mass is 127. The number of ether oxygens (including phenoxy) is 1. The van der Waals surface area contributed by atoms with E-state index in [2.05, 4.69) is 92.7 Å². The molecule has 0 atom stereocenters. The van der Waals surface area contributed by atoms with Crippen molar-refractivity contribution in [2.75, 3.05) is 39.3 Å². The second-order valence-corrected chi connectivity index (χ2v) is 13.2. The number of carbonyl (C=O) groups excluding carboxylic acids is 1. The van der Waals surface area contributed by atoms with E-state index in [-0.39, 0.29) is 12.0 Å². The number of aromatic nitrogens is 2. The second kappa shape index (κ2) is 12.2. The molecule has 3 aliphatic rings. The summed E-state index contributed by atoms with van der Waals surface area (Å²) in [5, 5.41) is 4.69. The van der Waals surface area contributed by atoms with Gasteiger partial charge in [0.25, 0.3) is 0 Å². The van der Waals surface area contributed by atoms with Crippen LogP contribution >= 0.6 is 22.6 Å². The number of amides is 1. The van der Waals surface area contributed by atoms with E-state index < -0.39 is 0 Å². The molecule has 1 saturated heterocycles. The van der Waals surface area contributed by atoms with Crippen LogP contribution in [-0.4, -0.2) is 65.0 Å². The van der Waals surface area contributed by atoms with Crippen LogP contribution in [0.15, 0.2) is 54.7 Å². The van der Waals surface area contributed by atoms with Crippen molar-refractivity contribution in [3.05, 3.63) is 75.1 Å². The Bertz CT molecular complexity index is 1280. The molecular weight excluding hydrogens is 611 g/mol. The molecule has 1 saturated carbocycles. The number of hydrogen-bond donors (Lipinski definition) is 0. The highest BCUT2D eigenvalue weighted by Gasteiger charge is 2.34. The Kier molecular flexibility index (Phi) is 8.49. The third-order valence-corrected chi connectivity index (χ3v) is 10.6. The SMILES string of the molecule is Cc1c(I)cnn1CC1(CCCN2CCN(C(=O)OCC3c4ccccc4-c4ccccc43)CC2)CCCCC1. The number of fused-ring (bicyclic) bond motifs is 3. The number of nitrogens with zero attached hydrogens (tertiary/aromatic N) is 4. The minimum absolute atomic E-state index is 0.110. The van der Waals surface area contributed by atoms with Crippen molar-refractivity contribution < 1.29 is 9.53 Å². The summed E-state index contributed by atoms with van der Waals surface area (Å²) in [6, 6.07) is 17.0. The van der Waals surface area contributed by atoms with Gasteiger partial charge in [0, 0.05) is 44.3 Å². The van der Waals surface area contributed by atoms with Crippen LogP contribution in [0.3, 0.4) is 0 Å². The summed E-state index contributed by atoms with van der Waals surface area (Å²) in [6.45, 7) is 8.08. The van der Waals surface area contributed by atoms with E-state index in [0.717, 1.165) is 39.3 Å². The second-order valence-electron chi connectivity index (χ2n) is 12.0. The van der Waals surface area contributed by atoms with Crippen molar-refractivity contribution in [2.24, 2.45) is 5.41 Å².